The lowest BCUT2D eigenvalue weighted by Crippen LogP contribution is -1.97. The first-order valence-corrected chi connectivity index (χ1v) is 21.7. The second kappa shape index (κ2) is 14.2. The summed E-state index contributed by atoms with van der Waals surface area (Å²) in [6, 6.07) is 67.9. The number of nitrogens with zero attached hydrogens (tertiary/aromatic N) is 3. The average molecular weight is 800 g/mol. The molecular weight excluding hydrogens is 767 g/mol. The van der Waals surface area contributed by atoms with Crippen LogP contribution in [0, 0.1) is 0 Å². The van der Waals surface area contributed by atoms with Crippen LogP contribution in [0.5, 0.6) is 0 Å². The number of rotatable bonds is 6. The SMILES string of the molecule is c1cncc(-c2ccc(-c3nc(-c4cc(-c5ccc6sc7ccccc7c6c5)cc(-c5ccc6sc7ccccc7c6c5)c4)cc(-c4cccc5ccccc45)n3)cc2)c1. The van der Waals surface area contributed by atoms with E-state index in [9.17, 15) is 0 Å². The minimum absolute atomic E-state index is 0.678. The maximum atomic E-state index is 5.40. The van der Waals surface area contributed by atoms with E-state index in [0.717, 1.165) is 55.7 Å². The van der Waals surface area contributed by atoms with Gasteiger partial charge in [0.25, 0.3) is 0 Å². The lowest BCUT2D eigenvalue weighted by atomic mass is 9.93. The molecule has 0 aliphatic carbocycles. The van der Waals surface area contributed by atoms with Crippen molar-refractivity contribution in [3.05, 3.63) is 200 Å². The van der Waals surface area contributed by atoms with Crippen molar-refractivity contribution >= 4 is 73.8 Å². The van der Waals surface area contributed by atoms with E-state index < -0.39 is 0 Å². The number of thiophene rings is 2. The van der Waals surface area contributed by atoms with Crippen LogP contribution in [0.4, 0.5) is 0 Å². The number of pyridine rings is 1. The first kappa shape index (κ1) is 34.7. The molecular formula is C55H33N3S2. The van der Waals surface area contributed by atoms with Gasteiger partial charge in [0, 0.05) is 69.4 Å². The number of hydrogen-bond acceptors (Lipinski definition) is 5. The Balaban J connectivity index is 1.08. The van der Waals surface area contributed by atoms with E-state index >= 15 is 0 Å². The largest absolute Gasteiger partial charge is 0.264 e. The second-order valence-corrected chi connectivity index (χ2v) is 17.4. The Bertz CT molecular complexity index is 3470. The van der Waals surface area contributed by atoms with Gasteiger partial charge in [0.1, 0.15) is 0 Å². The summed E-state index contributed by atoms with van der Waals surface area (Å²) in [7, 11) is 0. The predicted octanol–water partition coefficient (Wildman–Crippen LogP) is 15.8. The summed E-state index contributed by atoms with van der Waals surface area (Å²) < 4.78 is 5.19. The van der Waals surface area contributed by atoms with E-state index in [-0.39, 0.29) is 0 Å². The summed E-state index contributed by atoms with van der Waals surface area (Å²) >= 11 is 3.70. The Morgan fingerprint density at radius 1 is 0.317 bits per heavy atom. The lowest BCUT2D eigenvalue weighted by Gasteiger charge is -2.14. The van der Waals surface area contributed by atoms with Crippen LogP contribution >= 0.6 is 22.7 Å². The van der Waals surface area contributed by atoms with Crippen molar-refractivity contribution in [2.45, 2.75) is 0 Å². The monoisotopic (exact) mass is 799 g/mol. The van der Waals surface area contributed by atoms with Gasteiger partial charge >= 0.3 is 0 Å². The predicted molar refractivity (Wildman–Crippen MR) is 256 cm³/mol. The molecule has 0 fully saturated rings. The summed E-state index contributed by atoms with van der Waals surface area (Å²) in [5.74, 6) is 0.678. The van der Waals surface area contributed by atoms with Gasteiger partial charge in [-0.25, -0.2) is 9.97 Å². The summed E-state index contributed by atoms with van der Waals surface area (Å²) in [6.07, 6.45) is 3.70. The summed E-state index contributed by atoms with van der Waals surface area (Å²) in [6.45, 7) is 0. The molecule has 0 atom stereocenters. The van der Waals surface area contributed by atoms with Crippen molar-refractivity contribution in [1.29, 1.82) is 0 Å². The highest BCUT2D eigenvalue weighted by molar-refractivity contribution is 7.26. The molecule has 0 spiro atoms. The molecule has 0 aliphatic rings. The molecule has 0 amide bonds. The minimum Gasteiger partial charge on any atom is -0.264 e. The molecule has 0 radical (unpaired) electrons. The van der Waals surface area contributed by atoms with Gasteiger partial charge in [-0.05, 0) is 111 Å². The van der Waals surface area contributed by atoms with Gasteiger partial charge in [0.05, 0.1) is 11.4 Å². The molecule has 0 unspecified atom stereocenters. The third-order valence-electron chi connectivity index (χ3n) is 11.6. The maximum absolute atomic E-state index is 5.40. The molecule has 60 heavy (non-hydrogen) atoms. The Labute approximate surface area is 354 Å². The van der Waals surface area contributed by atoms with Crippen molar-refractivity contribution in [3.63, 3.8) is 0 Å². The molecule has 3 nitrogen and oxygen atoms in total. The van der Waals surface area contributed by atoms with Crippen LogP contribution in [0.2, 0.25) is 0 Å². The van der Waals surface area contributed by atoms with E-state index in [4.69, 9.17) is 9.97 Å². The van der Waals surface area contributed by atoms with E-state index in [1.54, 1.807) is 6.20 Å². The number of aromatic nitrogens is 3. The molecule has 4 aromatic heterocycles. The van der Waals surface area contributed by atoms with E-state index in [2.05, 4.69) is 187 Å². The van der Waals surface area contributed by atoms with Crippen LogP contribution < -0.4 is 0 Å². The van der Waals surface area contributed by atoms with Crippen molar-refractivity contribution < 1.29 is 0 Å². The van der Waals surface area contributed by atoms with Crippen molar-refractivity contribution in [2.75, 3.05) is 0 Å². The fourth-order valence-corrected chi connectivity index (χ4v) is 10.7. The Kier molecular flexibility index (Phi) is 8.22. The van der Waals surface area contributed by atoms with Gasteiger partial charge in [0.15, 0.2) is 5.82 Å². The van der Waals surface area contributed by atoms with Crippen LogP contribution in [-0.4, -0.2) is 15.0 Å². The summed E-state index contributed by atoms with van der Waals surface area (Å²) in [4.78, 5) is 15.0. The highest BCUT2D eigenvalue weighted by Crippen LogP contribution is 2.41. The zero-order valence-corrected chi connectivity index (χ0v) is 33.8. The first-order valence-electron chi connectivity index (χ1n) is 20.1. The topological polar surface area (TPSA) is 38.7 Å². The summed E-state index contributed by atoms with van der Waals surface area (Å²) in [5.41, 5.74) is 11.6. The highest BCUT2D eigenvalue weighted by atomic mass is 32.1. The molecule has 0 bridgehead atoms. The molecule has 12 rings (SSSR count). The quantitative estimate of drug-likeness (QED) is 0.168. The Hall–Kier alpha value is -7.31. The summed E-state index contributed by atoms with van der Waals surface area (Å²) in [5, 5.41) is 7.48. The van der Waals surface area contributed by atoms with Crippen LogP contribution in [0.1, 0.15) is 0 Å². The first-order chi connectivity index (χ1) is 29.7. The number of benzene rings is 8. The van der Waals surface area contributed by atoms with Crippen LogP contribution in [0.15, 0.2) is 200 Å². The fourth-order valence-electron chi connectivity index (χ4n) is 8.58. The molecule has 4 heterocycles. The minimum atomic E-state index is 0.678. The molecule has 0 saturated heterocycles. The highest BCUT2D eigenvalue weighted by Gasteiger charge is 2.17. The van der Waals surface area contributed by atoms with Crippen molar-refractivity contribution in [2.24, 2.45) is 0 Å². The molecule has 0 saturated carbocycles. The number of hydrogen-bond donors (Lipinski definition) is 0. The third-order valence-corrected chi connectivity index (χ3v) is 13.9. The number of fused-ring (bicyclic) bond motifs is 7. The van der Waals surface area contributed by atoms with Crippen LogP contribution in [0.25, 0.3) is 118 Å². The van der Waals surface area contributed by atoms with Gasteiger partial charge in [-0.2, -0.15) is 0 Å². The standard InChI is InChI=1S/C55H33N3S2/c1-2-12-43-35(9-1)10-7-15-44(43)50-32-49(57-55(58-50)36-20-18-34(19-21-36)39-11-8-26-56-33-39)42-28-40(37-22-24-53-47(30-37)45-13-3-5-16-51(45)59-53)27-41(29-42)38-23-25-54-48(31-38)46-14-4-6-17-52(46)60-54/h1-33H. The molecule has 280 valence electrons. The van der Waals surface area contributed by atoms with Gasteiger partial charge in [-0.1, -0.05) is 121 Å². The molecule has 12 aromatic rings. The van der Waals surface area contributed by atoms with Gasteiger partial charge in [-0.15, -0.1) is 22.7 Å². The molecule has 5 heteroatoms. The Morgan fingerprint density at radius 2 is 0.867 bits per heavy atom. The van der Waals surface area contributed by atoms with E-state index in [1.807, 2.05) is 34.9 Å². The van der Waals surface area contributed by atoms with Gasteiger partial charge < -0.3 is 0 Å². The van der Waals surface area contributed by atoms with E-state index in [0.29, 0.717) is 5.82 Å². The van der Waals surface area contributed by atoms with Crippen LogP contribution in [-0.2, 0) is 0 Å². The molecule has 0 aliphatic heterocycles. The molecule has 8 aromatic carbocycles. The Morgan fingerprint density at radius 3 is 1.53 bits per heavy atom. The maximum Gasteiger partial charge on any atom is 0.160 e. The molecule has 0 N–H and O–H groups in total. The van der Waals surface area contributed by atoms with Crippen LogP contribution in [0.3, 0.4) is 0 Å². The third kappa shape index (κ3) is 6.06. The lowest BCUT2D eigenvalue weighted by molar-refractivity contribution is 1.18. The van der Waals surface area contributed by atoms with Gasteiger partial charge in [-0.3, -0.25) is 4.98 Å². The van der Waals surface area contributed by atoms with Crippen molar-refractivity contribution in [1.82, 2.24) is 15.0 Å². The van der Waals surface area contributed by atoms with E-state index in [1.165, 1.54) is 56.9 Å². The second-order valence-electron chi connectivity index (χ2n) is 15.2. The smallest absolute Gasteiger partial charge is 0.160 e. The van der Waals surface area contributed by atoms with Crippen molar-refractivity contribution in [3.8, 4) is 67.3 Å². The van der Waals surface area contributed by atoms with Gasteiger partial charge in [0.2, 0.25) is 0 Å². The normalized spacial score (nSPS) is 11.7. The fraction of sp³-hybridized carbons (Fsp3) is 0. The average Bonchev–Trinajstić information content (AvgIpc) is 3.89. The zero-order valence-electron chi connectivity index (χ0n) is 32.2. The zero-order chi connectivity index (χ0) is 39.6.